The lowest BCUT2D eigenvalue weighted by molar-refractivity contribution is 0.661. The molecule has 1 rings (SSSR count). The normalized spacial score (nSPS) is 12.5. The van der Waals surface area contributed by atoms with Gasteiger partial charge in [0.25, 0.3) is 0 Å². The summed E-state index contributed by atoms with van der Waals surface area (Å²) in [5.74, 6) is 0. The summed E-state index contributed by atoms with van der Waals surface area (Å²) in [5.41, 5.74) is 7.16. The van der Waals surface area contributed by atoms with Crippen LogP contribution in [0.15, 0.2) is 41.4 Å². The van der Waals surface area contributed by atoms with Crippen molar-refractivity contribution >= 4 is 15.9 Å². The van der Waals surface area contributed by atoms with Crippen molar-refractivity contribution in [2.45, 2.75) is 18.9 Å². The standard InChI is InChI=1S/C11H14BrN/c1-2-3-7-11(13)9-5-4-6-10(12)8-9/h2,4-6,8,11H,1,3,7,13H2/t11-/m0/s1. The van der Waals surface area contributed by atoms with E-state index in [1.165, 1.54) is 5.56 Å². The summed E-state index contributed by atoms with van der Waals surface area (Å²) >= 11 is 3.42. The third-order valence-electron chi connectivity index (χ3n) is 1.96. The molecule has 1 nitrogen and oxygen atoms in total. The highest BCUT2D eigenvalue weighted by atomic mass is 79.9. The molecule has 0 amide bonds. The molecular formula is C11H14BrN. The largest absolute Gasteiger partial charge is 0.324 e. The number of benzene rings is 1. The highest BCUT2D eigenvalue weighted by Gasteiger charge is 2.04. The molecule has 0 saturated heterocycles. The van der Waals surface area contributed by atoms with Gasteiger partial charge in [0.2, 0.25) is 0 Å². The minimum absolute atomic E-state index is 0.121. The summed E-state index contributed by atoms with van der Waals surface area (Å²) < 4.78 is 1.08. The summed E-state index contributed by atoms with van der Waals surface area (Å²) in [6, 6.07) is 8.25. The maximum Gasteiger partial charge on any atom is 0.0298 e. The van der Waals surface area contributed by atoms with Crippen LogP contribution in [0.4, 0.5) is 0 Å². The van der Waals surface area contributed by atoms with Gasteiger partial charge in [0.15, 0.2) is 0 Å². The van der Waals surface area contributed by atoms with Gasteiger partial charge in [-0.25, -0.2) is 0 Å². The summed E-state index contributed by atoms with van der Waals surface area (Å²) in [4.78, 5) is 0. The first-order valence-corrected chi connectivity index (χ1v) is 5.15. The molecular weight excluding hydrogens is 226 g/mol. The van der Waals surface area contributed by atoms with E-state index < -0.39 is 0 Å². The van der Waals surface area contributed by atoms with E-state index in [9.17, 15) is 0 Å². The first-order valence-electron chi connectivity index (χ1n) is 4.36. The van der Waals surface area contributed by atoms with Crippen LogP contribution in [0.25, 0.3) is 0 Å². The average molecular weight is 240 g/mol. The Bertz CT molecular complexity index is 283. The van der Waals surface area contributed by atoms with Crippen molar-refractivity contribution in [2.24, 2.45) is 5.73 Å². The molecule has 2 N–H and O–H groups in total. The van der Waals surface area contributed by atoms with Crippen LogP contribution in [0.2, 0.25) is 0 Å². The number of rotatable bonds is 4. The van der Waals surface area contributed by atoms with Crippen molar-refractivity contribution in [1.29, 1.82) is 0 Å². The molecule has 0 unspecified atom stereocenters. The number of nitrogens with two attached hydrogens (primary N) is 1. The van der Waals surface area contributed by atoms with E-state index in [0.717, 1.165) is 17.3 Å². The Morgan fingerprint density at radius 2 is 2.31 bits per heavy atom. The lowest BCUT2D eigenvalue weighted by Crippen LogP contribution is -2.09. The zero-order chi connectivity index (χ0) is 9.68. The van der Waals surface area contributed by atoms with Gasteiger partial charge in [-0.2, -0.15) is 0 Å². The van der Waals surface area contributed by atoms with E-state index in [2.05, 4.69) is 34.6 Å². The van der Waals surface area contributed by atoms with Crippen LogP contribution in [0, 0.1) is 0 Å². The highest BCUT2D eigenvalue weighted by molar-refractivity contribution is 9.10. The minimum atomic E-state index is 0.121. The average Bonchev–Trinajstić information content (AvgIpc) is 2.14. The fourth-order valence-corrected chi connectivity index (χ4v) is 1.62. The Morgan fingerprint density at radius 3 is 2.92 bits per heavy atom. The molecule has 13 heavy (non-hydrogen) atoms. The molecule has 2 heteroatoms. The second kappa shape index (κ2) is 5.20. The Morgan fingerprint density at radius 1 is 1.54 bits per heavy atom. The van der Waals surface area contributed by atoms with Crippen LogP contribution >= 0.6 is 15.9 Å². The lowest BCUT2D eigenvalue weighted by Gasteiger charge is -2.10. The lowest BCUT2D eigenvalue weighted by atomic mass is 10.0. The van der Waals surface area contributed by atoms with Gasteiger partial charge in [-0.3, -0.25) is 0 Å². The van der Waals surface area contributed by atoms with Crippen molar-refractivity contribution in [2.75, 3.05) is 0 Å². The predicted octanol–water partition coefficient (Wildman–Crippen LogP) is 3.42. The van der Waals surface area contributed by atoms with Crippen LogP contribution in [-0.2, 0) is 0 Å². The SMILES string of the molecule is C=CCC[C@H](N)c1cccc(Br)c1. The van der Waals surface area contributed by atoms with Gasteiger partial charge in [-0.05, 0) is 30.5 Å². The quantitative estimate of drug-likeness (QED) is 0.802. The third-order valence-corrected chi connectivity index (χ3v) is 2.45. The molecule has 0 aromatic heterocycles. The Kier molecular flexibility index (Phi) is 4.19. The van der Waals surface area contributed by atoms with Gasteiger partial charge in [0.05, 0.1) is 0 Å². The fourth-order valence-electron chi connectivity index (χ4n) is 1.20. The Labute approximate surface area is 87.8 Å². The van der Waals surface area contributed by atoms with E-state index in [0.29, 0.717) is 0 Å². The van der Waals surface area contributed by atoms with Crippen molar-refractivity contribution in [3.05, 3.63) is 47.0 Å². The summed E-state index contributed by atoms with van der Waals surface area (Å²) in [5, 5.41) is 0. The van der Waals surface area contributed by atoms with E-state index >= 15 is 0 Å². The monoisotopic (exact) mass is 239 g/mol. The highest BCUT2D eigenvalue weighted by Crippen LogP contribution is 2.19. The molecule has 0 radical (unpaired) electrons. The first-order chi connectivity index (χ1) is 6.24. The van der Waals surface area contributed by atoms with E-state index in [-0.39, 0.29) is 6.04 Å². The molecule has 0 heterocycles. The van der Waals surface area contributed by atoms with Gasteiger partial charge < -0.3 is 5.73 Å². The zero-order valence-corrected chi connectivity index (χ0v) is 9.13. The van der Waals surface area contributed by atoms with Crippen molar-refractivity contribution in [3.63, 3.8) is 0 Å². The van der Waals surface area contributed by atoms with Gasteiger partial charge in [-0.1, -0.05) is 34.1 Å². The predicted molar refractivity (Wildman–Crippen MR) is 60.5 cm³/mol. The Hall–Kier alpha value is -0.600. The van der Waals surface area contributed by atoms with Crippen LogP contribution in [0.5, 0.6) is 0 Å². The molecule has 0 spiro atoms. The molecule has 70 valence electrons. The maximum absolute atomic E-state index is 5.98. The fraction of sp³-hybridized carbons (Fsp3) is 0.273. The van der Waals surface area contributed by atoms with Crippen molar-refractivity contribution < 1.29 is 0 Å². The third kappa shape index (κ3) is 3.33. The number of hydrogen-bond donors (Lipinski definition) is 1. The second-order valence-electron chi connectivity index (χ2n) is 3.03. The molecule has 1 aromatic carbocycles. The molecule has 0 fully saturated rings. The minimum Gasteiger partial charge on any atom is -0.324 e. The van der Waals surface area contributed by atoms with Gasteiger partial charge in [0.1, 0.15) is 0 Å². The topological polar surface area (TPSA) is 26.0 Å². The van der Waals surface area contributed by atoms with Crippen molar-refractivity contribution in [3.8, 4) is 0 Å². The smallest absolute Gasteiger partial charge is 0.0298 e. The first kappa shape index (κ1) is 10.5. The summed E-state index contributed by atoms with van der Waals surface area (Å²) in [7, 11) is 0. The number of halogens is 1. The second-order valence-corrected chi connectivity index (χ2v) is 3.94. The van der Waals surface area contributed by atoms with E-state index in [1.807, 2.05) is 18.2 Å². The van der Waals surface area contributed by atoms with Crippen LogP contribution < -0.4 is 5.73 Å². The van der Waals surface area contributed by atoms with Gasteiger partial charge in [0, 0.05) is 10.5 Å². The van der Waals surface area contributed by atoms with E-state index in [1.54, 1.807) is 0 Å². The van der Waals surface area contributed by atoms with Crippen LogP contribution in [0.1, 0.15) is 24.4 Å². The summed E-state index contributed by atoms with van der Waals surface area (Å²) in [6.07, 6.45) is 3.82. The molecule has 0 aliphatic carbocycles. The molecule has 1 aromatic rings. The van der Waals surface area contributed by atoms with Crippen LogP contribution in [-0.4, -0.2) is 0 Å². The van der Waals surface area contributed by atoms with E-state index in [4.69, 9.17) is 5.73 Å². The molecule has 1 atom stereocenters. The number of hydrogen-bond acceptors (Lipinski definition) is 1. The summed E-state index contributed by atoms with van der Waals surface area (Å²) in [6.45, 7) is 3.68. The molecule has 0 bridgehead atoms. The Balaban J connectivity index is 2.65. The van der Waals surface area contributed by atoms with Crippen LogP contribution in [0.3, 0.4) is 0 Å². The van der Waals surface area contributed by atoms with Crippen molar-refractivity contribution in [1.82, 2.24) is 0 Å². The molecule has 0 aliphatic rings. The molecule has 0 aliphatic heterocycles. The number of allylic oxidation sites excluding steroid dienone is 1. The zero-order valence-electron chi connectivity index (χ0n) is 7.54. The molecule has 0 saturated carbocycles. The maximum atomic E-state index is 5.98. The van der Waals surface area contributed by atoms with Gasteiger partial charge in [-0.15, -0.1) is 6.58 Å². The van der Waals surface area contributed by atoms with Gasteiger partial charge >= 0.3 is 0 Å².